The number of nitrogens with two attached hydrogens (primary N) is 1. The predicted molar refractivity (Wildman–Crippen MR) is 85.4 cm³/mol. The summed E-state index contributed by atoms with van der Waals surface area (Å²) in [6, 6.07) is 7.24. The Labute approximate surface area is 126 Å². The SMILES string of the molecule is N=C/C(=C\N)c1cnc2ccc(-c3cncc(O)c3)cc2n1. The maximum Gasteiger partial charge on any atom is 0.134 e. The number of nitrogens with zero attached hydrogens (tertiary/aromatic N) is 3. The van der Waals surface area contributed by atoms with Crippen molar-refractivity contribution in [3.8, 4) is 16.9 Å². The lowest BCUT2D eigenvalue weighted by Gasteiger charge is -2.05. The zero-order chi connectivity index (χ0) is 15.5. The summed E-state index contributed by atoms with van der Waals surface area (Å²) in [5, 5.41) is 16.9. The second-order valence-corrected chi connectivity index (χ2v) is 4.66. The smallest absolute Gasteiger partial charge is 0.134 e. The quantitative estimate of drug-likeness (QED) is 0.642. The van der Waals surface area contributed by atoms with E-state index in [9.17, 15) is 5.11 Å². The molecule has 0 saturated carbocycles. The fraction of sp³-hybridized carbons (Fsp3) is 0. The average Bonchev–Trinajstić information content (AvgIpc) is 2.55. The van der Waals surface area contributed by atoms with Crippen LogP contribution in [0.1, 0.15) is 5.69 Å². The third-order valence-corrected chi connectivity index (χ3v) is 3.23. The molecule has 0 radical (unpaired) electrons. The molecule has 0 saturated heterocycles. The largest absolute Gasteiger partial charge is 0.506 e. The first-order valence-electron chi connectivity index (χ1n) is 6.55. The molecule has 0 unspecified atom stereocenters. The van der Waals surface area contributed by atoms with E-state index in [0.717, 1.165) is 22.9 Å². The molecule has 0 aliphatic carbocycles. The third kappa shape index (κ3) is 2.49. The molecule has 6 heteroatoms. The van der Waals surface area contributed by atoms with Gasteiger partial charge in [-0.25, -0.2) is 4.98 Å². The summed E-state index contributed by atoms with van der Waals surface area (Å²) in [6.45, 7) is 0. The Morgan fingerprint density at radius 2 is 1.95 bits per heavy atom. The summed E-state index contributed by atoms with van der Waals surface area (Å²) in [4.78, 5) is 12.8. The van der Waals surface area contributed by atoms with Crippen LogP contribution >= 0.6 is 0 Å². The van der Waals surface area contributed by atoms with Crippen molar-refractivity contribution in [3.05, 3.63) is 54.7 Å². The van der Waals surface area contributed by atoms with Crippen molar-refractivity contribution in [3.63, 3.8) is 0 Å². The summed E-state index contributed by atoms with van der Waals surface area (Å²) in [5.74, 6) is 0.106. The van der Waals surface area contributed by atoms with Gasteiger partial charge in [-0.2, -0.15) is 0 Å². The molecule has 0 amide bonds. The molecule has 108 valence electrons. The van der Waals surface area contributed by atoms with Crippen molar-refractivity contribution in [1.82, 2.24) is 15.0 Å². The summed E-state index contributed by atoms with van der Waals surface area (Å²) in [5.41, 5.74) is 9.59. The lowest BCUT2D eigenvalue weighted by molar-refractivity contribution is 0.473. The van der Waals surface area contributed by atoms with Crippen molar-refractivity contribution in [2.24, 2.45) is 5.73 Å². The highest BCUT2D eigenvalue weighted by atomic mass is 16.3. The number of nitrogens with one attached hydrogen (secondary N) is 1. The van der Waals surface area contributed by atoms with E-state index in [4.69, 9.17) is 11.1 Å². The average molecular weight is 291 g/mol. The Balaban J connectivity index is 2.14. The Morgan fingerprint density at radius 3 is 2.68 bits per heavy atom. The maximum atomic E-state index is 9.53. The van der Waals surface area contributed by atoms with Gasteiger partial charge in [0, 0.05) is 29.7 Å². The van der Waals surface area contributed by atoms with Gasteiger partial charge in [-0.15, -0.1) is 0 Å². The van der Waals surface area contributed by atoms with E-state index in [1.807, 2.05) is 18.2 Å². The van der Waals surface area contributed by atoms with Crippen LogP contribution in [0.3, 0.4) is 0 Å². The molecular weight excluding hydrogens is 278 g/mol. The zero-order valence-corrected chi connectivity index (χ0v) is 11.6. The van der Waals surface area contributed by atoms with E-state index in [1.165, 1.54) is 12.4 Å². The van der Waals surface area contributed by atoms with Gasteiger partial charge >= 0.3 is 0 Å². The van der Waals surface area contributed by atoms with Crippen LogP contribution in [0.25, 0.3) is 27.7 Å². The number of rotatable bonds is 3. The van der Waals surface area contributed by atoms with E-state index in [-0.39, 0.29) is 5.75 Å². The highest BCUT2D eigenvalue weighted by Crippen LogP contribution is 2.25. The van der Waals surface area contributed by atoms with E-state index in [0.29, 0.717) is 16.8 Å². The number of aromatic hydroxyl groups is 1. The fourth-order valence-corrected chi connectivity index (χ4v) is 2.12. The van der Waals surface area contributed by atoms with Gasteiger partial charge in [0.1, 0.15) is 5.75 Å². The molecule has 0 aliphatic heterocycles. The molecule has 0 bridgehead atoms. The molecule has 6 nitrogen and oxygen atoms in total. The van der Waals surface area contributed by atoms with Gasteiger partial charge in [0.2, 0.25) is 0 Å². The predicted octanol–water partition coefficient (Wildman–Crippen LogP) is 2.35. The molecular formula is C16H13N5O. The van der Waals surface area contributed by atoms with E-state index < -0.39 is 0 Å². The minimum Gasteiger partial charge on any atom is -0.506 e. The normalized spacial score (nSPS) is 11.5. The zero-order valence-electron chi connectivity index (χ0n) is 11.6. The number of allylic oxidation sites excluding steroid dienone is 1. The van der Waals surface area contributed by atoms with Crippen LogP contribution in [0.5, 0.6) is 5.75 Å². The topological polar surface area (TPSA) is 109 Å². The second-order valence-electron chi connectivity index (χ2n) is 4.66. The molecule has 0 fully saturated rings. The monoisotopic (exact) mass is 291 g/mol. The van der Waals surface area contributed by atoms with Gasteiger partial charge in [0.25, 0.3) is 0 Å². The van der Waals surface area contributed by atoms with Crippen LogP contribution in [0.15, 0.2) is 49.1 Å². The molecule has 0 spiro atoms. The number of hydrogen-bond donors (Lipinski definition) is 3. The Hall–Kier alpha value is -3.28. The molecule has 3 aromatic rings. The molecule has 22 heavy (non-hydrogen) atoms. The van der Waals surface area contributed by atoms with Crippen molar-refractivity contribution in [1.29, 1.82) is 5.41 Å². The van der Waals surface area contributed by atoms with E-state index in [2.05, 4.69) is 15.0 Å². The molecule has 2 heterocycles. The number of pyridine rings is 1. The van der Waals surface area contributed by atoms with Crippen LogP contribution in [-0.4, -0.2) is 26.3 Å². The van der Waals surface area contributed by atoms with Gasteiger partial charge in [0.15, 0.2) is 0 Å². The first-order chi connectivity index (χ1) is 10.7. The molecule has 1 aromatic carbocycles. The lowest BCUT2D eigenvalue weighted by atomic mass is 10.1. The van der Waals surface area contributed by atoms with Gasteiger partial charge < -0.3 is 16.2 Å². The molecule has 0 aliphatic rings. The number of aromatic nitrogens is 3. The van der Waals surface area contributed by atoms with Crippen LogP contribution in [0, 0.1) is 5.41 Å². The Kier molecular flexibility index (Phi) is 3.49. The van der Waals surface area contributed by atoms with Crippen molar-refractivity contribution >= 4 is 22.8 Å². The number of benzene rings is 1. The minimum atomic E-state index is 0.106. The second kappa shape index (κ2) is 5.61. The summed E-state index contributed by atoms with van der Waals surface area (Å²) >= 11 is 0. The lowest BCUT2D eigenvalue weighted by Crippen LogP contribution is -1.96. The van der Waals surface area contributed by atoms with E-state index in [1.54, 1.807) is 18.5 Å². The van der Waals surface area contributed by atoms with Gasteiger partial charge in [-0.3, -0.25) is 9.97 Å². The standard InChI is InChI=1S/C16H13N5O/c17-5-12(6-18)16-9-20-14-2-1-10(4-15(14)21-16)11-3-13(22)8-19-7-11/h1-9,17,22H,18H2/b12-6+,17-5?. The molecule has 4 N–H and O–H groups in total. The first-order valence-corrected chi connectivity index (χ1v) is 6.55. The molecule has 0 atom stereocenters. The summed E-state index contributed by atoms with van der Waals surface area (Å²) < 4.78 is 0. The minimum absolute atomic E-state index is 0.106. The van der Waals surface area contributed by atoms with Crippen molar-refractivity contribution in [2.75, 3.05) is 0 Å². The van der Waals surface area contributed by atoms with Crippen molar-refractivity contribution < 1.29 is 5.11 Å². The summed E-state index contributed by atoms with van der Waals surface area (Å²) in [7, 11) is 0. The molecule has 2 aromatic heterocycles. The van der Waals surface area contributed by atoms with Crippen LogP contribution in [0.4, 0.5) is 0 Å². The molecule has 3 rings (SSSR count). The van der Waals surface area contributed by atoms with Crippen molar-refractivity contribution in [2.45, 2.75) is 0 Å². The third-order valence-electron chi connectivity index (χ3n) is 3.23. The van der Waals surface area contributed by atoms with Gasteiger partial charge in [-0.1, -0.05) is 6.07 Å². The maximum absolute atomic E-state index is 9.53. The first kappa shape index (κ1) is 13.7. The van der Waals surface area contributed by atoms with Gasteiger partial charge in [-0.05, 0) is 23.8 Å². The number of hydrogen-bond acceptors (Lipinski definition) is 6. The van der Waals surface area contributed by atoms with E-state index >= 15 is 0 Å². The van der Waals surface area contributed by atoms with Crippen LogP contribution in [-0.2, 0) is 0 Å². The van der Waals surface area contributed by atoms with Gasteiger partial charge in [0.05, 0.1) is 29.1 Å². The van der Waals surface area contributed by atoms with Crippen LogP contribution < -0.4 is 5.73 Å². The highest BCUT2D eigenvalue weighted by molar-refractivity contribution is 6.07. The Morgan fingerprint density at radius 1 is 1.09 bits per heavy atom. The number of fused-ring (bicyclic) bond motifs is 1. The summed E-state index contributed by atoms with van der Waals surface area (Å²) in [6.07, 6.45) is 7.10. The fourth-order valence-electron chi connectivity index (χ4n) is 2.12. The highest BCUT2D eigenvalue weighted by Gasteiger charge is 2.06. The van der Waals surface area contributed by atoms with Crippen LogP contribution in [0.2, 0.25) is 0 Å². The Bertz CT molecular complexity index is 889.